The minimum Gasteiger partial charge on any atom is -0.444 e. The second-order valence-corrected chi connectivity index (χ2v) is 5.98. The molecule has 1 saturated heterocycles. The lowest BCUT2D eigenvalue weighted by Crippen LogP contribution is -2.39. The molecule has 0 bridgehead atoms. The highest BCUT2D eigenvalue weighted by atomic mass is 16.6. The van der Waals surface area contributed by atoms with Gasteiger partial charge >= 0.3 is 6.09 Å². The molecule has 4 heteroatoms. The van der Waals surface area contributed by atoms with E-state index in [1.54, 1.807) is 4.90 Å². The van der Waals surface area contributed by atoms with Crippen molar-refractivity contribution in [2.24, 2.45) is 5.73 Å². The summed E-state index contributed by atoms with van der Waals surface area (Å²) in [6.07, 6.45) is 0.521. The molecule has 1 heterocycles. The molecule has 19 heavy (non-hydrogen) atoms. The molecule has 0 aromatic heterocycles. The van der Waals surface area contributed by atoms with Crippen molar-refractivity contribution < 1.29 is 9.53 Å². The Bertz CT molecular complexity index is 439. The van der Waals surface area contributed by atoms with Crippen molar-refractivity contribution in [3.05, 3.63) is 35.9 Å². The lowest BCUT2D eigenvalue weighted by atomic mass is 10.0. The van der Waals surface area contributed by atoms with Gasteiger partial charge in [0.15, 0.2) is 0 Å². The summed E-state index contributed by atoms with van der Waals surface area (Å²) in [5.41, 5.74) is 6.74. The number of rotatable bonds is 1. The van der Waals surface area contributed by atoms with Gasteiger partial charge in [0.1, 0.15) is 5.60 Å². The van der Waals surface area contributed by atoms with Crippen molar-refractivity contribution in [1.82, 2.24) is 4.90 Å². The number of hydrogen-bond donors (Lipinski definition) is 1. The van der Waals surface area contributed by atoms with Gasteiger partial charge in [-0.25, -0.2) is 4.79 Å². The van der Waals surface area contributed by atoms with Crippen LogP contribution in [0.4, 0.5) is 4.79 Å². The van der Waals surface area contributed by atoms with Crippen LogP contribution >= 0.6 is 0 Å². The zero-order valence-corrected chi connectivity index (χ0v) is 11.8. The van der Waals surface area contributed by atoms with Crippen LogP contribution in [-0.4, -0.2) is 29.2 Å². The monoisotopic (exact) mass is 262 g/mol. The van der Waals surface area contributed by atoms with E-state index in [1.807, 2.05) is 51.1 Å². The van der Waals surface area contributed by atoms with E-state index < -0.39 is 5.60 Å². The van der Waals surface area contributed by atoms with E-state index in [0.717, 1.165) is 12.0 Å². The summed E-state index contributed by atoms with van der Waals surface area (Å²) in [7, 11) is 0. The third-order valence-corrected chi connectivity index (χ3v) is 3.21. The highest BCUT2D eigenvalue weighted by Gasteiger charge is 2.38. The maximum Gasteiger partial charge on any atom is 0.410 e. The van der Waals surface area contributed by atoms with Gasteiger partial charge in [0.05, 0.1) is 6.04 Å². The summed E-state index contributed by atoms with van der Waals surface area (Å²) in [5.74, 6) is 0. The molecule has 1 fully saturated rings. The molecule has 4 nitrogen and oxygen atoms in total. The maximum absolute atomic E-state index is 12.2. The van der Waals surface area contributed by atoms with Crippen LogP contribution in [0.5, 0.6) is 0 Å². The Morgan fingerprint density at radius 2 is 1.95 bits per heavy atom. The van der Waals surface area contributed by atoms with Crippen LogP contribution in [0.15, 0.2) is 30.3 Å². The number of nitrogens with two attached hydrogens (primary N) is 1. The number of ether oxygens (including phenoxy) is 1. The zero-order chi connectivity index (χ0) is 14.0. The molecular weight excluding hydrogens is 240 g/mol. The van der Waals surface area contributed by atoms with Crippen LogP contribution in [0, 0.1) is 0 Å². The van der Waals surface area contributed by atoms with Gasteiger partial charge in [-0.05, 0) is 32.8 Å². The third kappa shape index (κ3) is 3.26. The Kier molecular flexibility index (Phi) is 3.80. The summed E-state index contributed by atoms with van der Waals surface area (Å²) in [4.78, 5) is 14.0. The molecular formula is C15H22N2O2. The standard InChI is InChI=1S/C15H22N2O2/c1-15(2,3)19-14(18)17-10-9-12(16)13(17)11-7-5-4-6-8-11/h4-8,12-13H,9-10,16H2,1-3H3/t12-,13+/m0/s1. The molecule has 2 rings (SSSR count). The Morgan fingerprint density at radius 1 is 1.32 bits per heavy atom. The second-order valence-electron chi connectivity index (χ2n) is 5.98. The predicted octanol–water partition coefficient (Wildman–Crippen LogP) is 2.70. The van der Waals surface area contributed by atoms with Crippen LogP contribution in [0.2, 0.25) is 0 Å². The molecule has 104 valence electrons. The van der Waals surface area contributed by atoms with Crippen molar-refractivity contribution in [3.8, 4) is 0 Å². The Labute approximate surface area is 114 Å². The first-order valence-corrected chi connectivity index (χ1v) is 6.68. The maximum atomic E-state index is 12.2. The van der Waals surface area contributed by atoms with Crippen molar-refractivity contribution in [2.75, 3.05) is 6.54 Å². The van der Waals surface area contributed by atoms with Crippen molar-refractivity contribution >= 4 is 6.09 Å². The summed E-state index contributed by atoms with van der Waals surface area (Å²) < 4.78 is 5.45. The van der Waals surface area contributed by atoms with E-state index in [-0.39, 0.29) is 18.2 Å². The average Bonchev–Trinajstić information content (AvgIpc) is 2.70. The predicted molar refractivity (Wildman–Crippen MR) is 74.7 cm³/mol. The van der Waals surface area contributed by atoms with E-state index in [4.69, 9.17) is 10.5 Å². The van der Waals surface area contributed by atoms with Gasteiger partial charge in [0.25, 0.3) is 0 Å². The van der Waals surface area contributed by atoms with E-state index in [2.05, 4.69) is 0 Å². The number of nitrogens with zero attached hydrogens (tertiary/aromatic N) is 1. The molecule has 1 aliphatic rings. The molecule has 0 aliphatic carbocycles. The van der Waals surface area contributed by atoms with Crippen LogP contribution in [0.1, 0.15) is 38.8 Å². The summed E-state index contributed by atoms with van der Waals surface area (Å²) in [5, 5.41) is 0. The summed E-state index contributed by atoms with van der Waals surface area (Å²) in [6.45, 7) is 6.27. The number of carbonyl (C=O) groups excluding carboxylic acids is 1. The summed E-state index contributed by atoms with van der Waals surface area (Å²) >= 11 is 0. The minimum absolute atomic E-state index is 0.0325. The fraction of sp³-hybridized carbons (Fsp3) is 0.533. The smallest absolute Gasteiger partial charge is 0.410 e. The van der Waals surface area contributed by atoms with Gasteiger partial charge in [-0.15, -0.1) is 0 Å². The molecule has 0 saturated carbocycles. The molecule has 0 radical (unpaired) electrons. The van der Waals surface area contributed by atoms with Crippen molar-refractivity contribution in [2.45, 2.75) is 44.9 Å². The first kappa shape index (κ1) is 13.9. The Hall–Kier alpha value is -1.55. The van der Waals surface area contributed by atoms with E-state index >= 15 is 0 Å². The van der Waals surface area contributed by atoms with Gasteiger partial charge in [-0.3, -0.25) is 4.90 Å². The molecule has 1 aromatic carbocycles. The fourth-order valence-electron chi connectivity index (χ4n) is 2.42. The minimum atomic E-state index is -0.481. The molecule has 0 unspecified atom stereocenters. The lowest BCUT2D eigenvalue weighted by Gasteiger charge is -2.30. The van der Waals surface area contributed by atoms with E-state index in [1.165, 1.54) is 0 Å². The molecule has 0 spiro atoms. The quantitative estimate of drug-likeness (QED) is 0.846. The highest BCUT2D eigenvalue weighted by molar-refractivity contribution is 5.69. The molecule has 1 amide bonds. The molecule has 1 aromatic rings. The van der Waals surface area contributed by atoms with Gasteiger partial charge in [0.2, 0.25) is 0 Å². The fourth-order valence-corrected chi connectivity index (χ4v) is 2.42. The van der Waals surface area contributed by atoms with Crippen LogP contribution in [0.3, 0.4) is 0 Å². The largest absolute Gasteiger partial charge is 0.444 e. The highest BCUT2D eigenvalue weighted by Crippen LogP contribution is 2.32. The molecule has 2 N–H and O–H groups in total. The van der Waals surface area contributed by atoms with E-state index in [9.17, 15) is 4.79 Å². The van der Waals surface area contributed by atoms with Crippen molar-refractivity contribution in [1.29, 1.82) is 0 Å². The summed E-state index contributed by atoms with van der Waals surface area (Å²) in [6, 6.07) is 9.79. The van der Waals surface area contributed by atoms with Gasteiger partial charge in [-0.1, -0.05) is 30.3 Å². The zero-order valence-electron chi connectivity index (χ0n) is 11.8. The third-order valence-electron chi connectivity index (χ3n) is 3.21. The first-order valence-electron chi connectivity index (χ1n) is 6.68. The van der Waals surface area contributed by atoms with Gasteiger partial charge in [-0.2, -0.15) is 0 Å². The molecule has 2 atom stereocenters. The Morgan fingerprint density at radius 3 is 2.53 bits per heavy atom. The Balaban J connectivity index is 2.18. The second kappa shape index (κ2) is 5.21. The number of likely N-dealkylation sites (tertiary alicyclic amines) is 1. The number of carbonyl (C=O) groups is 1. The van der Waals surface area contributed by atoms with Crippen LogP contribution in [-0.2, 0) is 4.74 Å². The normalized spacial score (nSPS) is 23.5. The number of amides is 1. The first-order chi connectivity index (χ1) is 8.88. The SMILES string of the molecule is CC(C)(C)OC(=O)N1CC[C@H](N)[C@H]1c1ccccc1. The topological polar surface area (TPSA) is 55.6 Å². The van der Waals surface area contributed by atoms with Gasteiger partial charge < -0.3 is 10.5 Å². The molecule has 1 aliphatic heterocycles. The van der Waals surface area contributed by atoms with Crippen LogP contribution in [0.25, 0.3) is 0 Å². The van der Waals surface area contributed by atoms with Crippen molar-refractivity contribution in [3.63, 3.8) is 0 Å². The average molecular weight is 262 g/mol. The number of hydrogen-bond acceptors (Lipinski definition) is 3. The van der Waals surface area contributed by atoms with Crippen LogP contribution < -0.4 is 5.73 Å². The van der Waals surface area contributed by atoms with E-state index in [0.29, 0.717) is 6.54 Å². The lowest BCUT2D eigenvalue weighted by molar-refractivity contribution is 0.0218. The number of benzene rings is 1. The van der Waals surface area contributed by atoms with Gasteiger partial charge in [0, 0.05) is 12.6 Å².